The minimum absolute atomic E-state index is 0.0537. The lowest BCUT2D eigenvalue weighted by molar-refractivity contribution is 0.184. The lowest BCUT2D eigenvalue weighted by Crippen LogP contribution is -2.24. The Kier molecular flexibility index (Phi) is 4.32. The molecule has 1 aliphatic rings. The zero-order valence-corrected chi connectivity index (χ0v) is 12.7. The standard InChI is InChI=1S/C11H19N3O3S2/c1-3-7(6-17-2)13-11-9(10(12)14-18-11)19(15,16)8-4-5-8/h7-8,13H,3-6H2,1-2H3,(H2,12,14). The summed E-state index contributed by atoms with van der Waals surface area (Å²) in [5.74, 6) is 0.103. The van der Waals surface area contributed by atoms with Crippen LogP contribution in [0.4, 0.5) is 10.8 Å². The molecular formula is C11H19N3O3S2. The second-order valence-electron chi connectivity index (χ2n) is 4.68. The van der Waals surface area contributed by atoms with Crippen molar-refractivity contribution in [1.82, 2.24) is 4.37 Å². The molecule has 0 bridgehead atoms. The molecule has 1 aromatic rings. The third kappa shape index (κ3) is 3.01. The number of ether oxygens (including phenoxy) is 1. The largest absolute Gasteiger partial charge is 0.383 e. The monoisotopic (exact) mass is 305 g/mol. The molecule has 2 rings (SSSR count). The highest BCUT2D eigenvalue weighted by Gasteiger charge is 2.40. The second-order valence-corrected chi connectivity index (χ2v) is 7.61. The van der Waals surface area contributed by atoms with Crippen LogP contribution in [0.25, 0.3) is 0 Å². The molecule has 19 heavy (non-hydrogen) atoms. The van der Waals surface area contributed by atoms with Crippen molar-refractivity contribution in [3.05, 3.63) is 0 Å². The summed E-state index contributed by atoms with van der Waals surface area (Å²) < 4.78 is 33.8. The quantitative estimate of drug-likeness (QED) is 0.793. The zero-order valence-electron chi connectivity index (χ0n) is 11.0. The Labute approximate surface area is 117 Å². The van der Waals surface area contributed by atoms with Crippen molar-refractivity contribution < 1.29 is 13.2 Å². The van der Waals surface area contributed by atoms with E-state index in [1.165, 1.54) is 0 Å². The van der Waals surface area contributed by atoms with Gasteiger partial charge in [-0.3, -0.25) is 0 Å². The predicted octanol–water partition coefficient (Wildman–Crippen LogP) is 1.50. The van der Waals surface area contributed by atoms with Gasteiger partial charge in [-0.15, -0.1) is 0 Å². The Hall–Kier alpha value is -0.860. The average molecular weight is 305 g/mol. The third-order valence-corrected chi connectivity index (χ3v) is 6.37. The van der Waals surface area contributed by atoms with Crippen LogP contribution < -0.4 is 11.1 Å². The van der Waals surface area contributed by atoms with Gasteiger partial charge in [-0.25, -0.2) is 8.42 Å². The van der Waals surface area contributed by atoms with E-state index in [0.29, 0.717) is 24.4 Å². The molecule has 8 heteroatoms. The SMILES string of the molecule is CCC(COC)Nc1snc(N)c1S(=O)(=O)C1CC1. The molecule has 1 aliphatic carbocycles. The van der Waals surface area contributed by atoms with Crippen LogP contribution in [-0.2, 0) is 14.6 Å². The summed E-state index contributed by atoms with van der Waals surface area (Å²) in [6.45, 7) is 2.52. The van der Waals surface area contributed by atoms with Gasteiger partial charge in [0.05, 0.1) is 17.9 Å². The summed E-state index contributed by atoms with van der Waals surface area (Å²) in [7, 11) is -1.71. The van der Waals surface area contributed by atoms with E-state index in [2.05, 4.69) is 9.69 Å². The number of nitrogens with two attached hydrogens (primary N) is 1. The zero-order chi connectivity index (χ0) is 14.0. The van der Waals surface area contributed by atoms with E-state index in [4.69, 9.17) is 10.5 Å². The van der Waals surface area contributed by atoms with Crippen LogP contribution in [0.5, 0.6) is 0 Å². The average Bonchev–Trinajstić information content (AvgIpc) is 3.14. The van der Waals surface area contributed by atoms with Crippen molar-refractivity contribution in [3.63, 3.8) is 0 Å². The van der Waals surface area contributed by atoms with Crippen molar-refractivity contribution in [1.29, 1.82) is 0 Å². The number of methoxy groups -OCH3 is 1. The number of hydrogen-bond donors (Lipinski definition) is 2. The van der Waals surface area contributed by atoms with E-state index in [-0.39, 0.29) is 22.0 Å². The minimum atomic E-state index is -3.33. The summed E-state index contributed by atoms with van der Waals surface area (Å²) in [6, 6.07) is 0.0537. The fraction of sp³-hybridized carbons (Fsp3) is 0.727. The lowest BCUT2D eigenvalue weighted by atomic mass is 10.2. The maximum atomic E-state index is 12.3. The van der Waals surface area contributed by atoms with Gasteiger partial charge in [-0.2, -0.15) is 4.37 Å². The summed E-state index contributed by atoms with van der Waals surface area (Å²) >= 11 is 1.10. The Bertz CT molecular complexity index is 537. The molecule has 1 heterocycles. The highest BCUT2D eigenvalue weighted by Crippen LogP contribution is 2.41. The maximum absolute atomic E-state index is 12.3. The fourth-order valence-corrected chi connectivity index (χ4v) is 4.80. The Morgan fingerprint density at radius 2 is 2.26 bits per heavy atom. The highest BCUT2D eigenvalue weighted by molar-refractivity contribution is 7.92. The van der Waals surface area contributed by atoms with Gasteiger partial charge in [-0.05, 0) is 30.8 Å². The van der Waals surface area contributed by atoms with Gasteiger partial charge in [0.15, 0.2) is 15.7 Å². The van der Waals surface area contributed by atoms with Gasteiger partial charge in [0.1, 0.15) is 9.90 Å². The Morgan fingerprint density at radius 3 is 2.79 bits per heavy atom. The van der Waals surface area contributed by atoms with Crippen molar-refractivity contribution in [2.75, 3.05) is 24.8 Å². The van der Waals surface area contributed by atoms with Crippen LogP contribution in [-0.4, -0.2) is 37.8 Å². The number of nitrogens with zero attached hydrogens (tertiary/aromatic N) is 1. The van der Waals surface area contributed by atoms with Crippen LogP contribution in [0.1, 0.15) is 26.2 Å². The molecule has 1 unspecified atom stereocenters. The number of rotatable bonds is 7. The molecule has 0 aromatic carbocycles. The molecule has 3 N–H and O–H groups in total. The van der Waals surface area contributed by atoms with E-state index >= 15 is 0 Å². The van der Waals surface area contributed by atoms with Gasteiger partial charge in [-0.1, -0.05) is 6.92 Å². The van der Waals surface area contributed by atoms with Crippen molar-refractivity contribution >= 4 is 32.2 Å². The van der Waals surface area contributed by atoms with Gasteiger partial charge in [0.2, 0.25) is 0 Å². The number of hydrogen-bond acceptors (Lipinski definition) is 7. The molecule has 1 atom stereocenters. The first-order chi connectivity index (χ1) is 9.00. The molecule has 1 saturated carbocycles. The van der Waals surface area contributed by atoms with Crippen molar-refractivity contribution in [3.8, 4) is 0 Å². The van der Waals surface area contributed by atoms with Crippen LogP contribution in [0.15, 0.2) is 4.90 Å². The number of nitrogen functional groups attached to an aromatic ring is 1. The number of nitrogens with one attached hydrogen (secondary N) is 1. The lowest BCUT2D eigenvalue weighted by Gasteiger charge is -2.16. The van der Waals surface area contributed by atoms with E-state index in [9.17, 15) is 8.42 Å². The van der Waals surface area contributed by atoms with Crippen LogP contribution >= 0.6 is 11.5 Å². The molecule has 0 amide bonds. The predicted molar refractivity (Wildman–Crippen MR) is 76.3 cm³/mol. The molecule has 1 aromatic heterocycles. The fourth-order valence-electron chi connectivity index (χ4n) is 1.85. The van der Waals surface area contributed by atoms with Crippen LogP contribution in [0, 0.1) is 0 Å². The highest BCUT2D eigenvalue weighted by atomic mass is 32.2. The van der Waals surface area contributed by atoms with Crippen molar-refractivity contribution in [2.45, 2.75) is 42.4 Å². The summed E-state index contributed by atoms with van der Waals surface area (Å²) in [6.07, 6.45) is 2.26. The molecule has 108 valence electrons. The summed E-state index contributed by atoms with van der Waals surface area (Å²) in [5.41, 5.74) is 5.73. The van der Waals surface area contributed by atoms with Crippen molar-refractivity contribution in [2.24, 2.45) is 0 Å². The summed E-state index contributed by atoms with van der Waals surface area (Å²) in [5, 5.41) is 3.43. The number of anilines is 2. The molecule has 0 radical (unpaired) electrons. The van der Waals surface area contributed by atoms with E-state index in [1.54, 1.807) is 7.11 Å². The minimum Gasteiger partial charge on any atom is -0.383 e. The van der Waals surface area contributed by atoms with Gasteiger partial charge in [0, 0.05) is 7.11 Å². The van der Waals surface area contributed by atoms with Crippen LogP contribution in [0.2, 0.25) is 0 Å². The smallest absolute Gasteiger partial charge is 0.187 e. The molecular weight excluding hydrogens is 286 g/mol. The Balaban J connectivity index is 2.27. The van der Waals surface area contributed by atoms with Gasteiger partial charge < -0.3 is 15.8 Å². The first kappa shape index (κ1) is 14.5. The first-order valence-corrected chi connectivity index (χ1v) is 8.57. The molecule has 6 nitrogen and oxygen atoms in total. The second kappa shape index (κ2) is 5.64. The normalized spacial score (nSPS) is 17.4. The van der Waals surface area contributed by atoms with Crippen LogP contribution in [0.3, 0.4) is 0 Å². The Morgan fingerprint density at radius 1 is 1.58 bits per heavy atom. The topological polar surface area (TPSA) is 94.3 Å². The van der Waals surface area contributed by atoms with E-state index < -0.39 is 9.84 Å². The third-order valence-electron chi connectivity index (χ3n) is 3.12. The maximum Gasteiger partial charge on any atom is 0.187 e. The van der Waals surface area contributed by atoms with Gasteiger partial charge in [0.25, 0.3) is 0 Å². The molecule has 0 saturated heterocycles. The summed E-state index contributed by atoms with van der Waals surface area (Å²) in [4.78, 5) is 0.176. The van der Waals surface area contributed by atoms with E-state index in [1.807, 2.05) is 6.92 Å². The molecule has 0 spiro atoms. The first-order valence-electron chi connectivity index (χ1n) is 6.25. The van der Waals surface area contributed by atoms with E-state index in [0.717, 1.165) is 18.0 Å². The number of aromatic nitrogens is 1. The molecule has 1 fully saturated rings. The molecule has 0 aliphatic heterocycles. The number of sulfone groups is 1. The van der Waals surface area contributed by atoms with Gasteiger partial charge >= 0.3 is 0 Å².